The van der Waals surface area contributed by atoms with Gasteiger partial charge in [-0.3, -0.25) is 14.2 Å². The van der Waals surface area contributed by atoms with Crippen LogP contribution >= 0.6 is 11.3 Å². The van der Waals surface area contributed by atoms with Crippen LogP contribution in [-0.2, 0) is 13.0 Å². The molecule has 3 aromatic rings. The van der Waals surface area contributed by atoms with Gasteiger partial charge in [-0.15, -0.1) is 11.3 Å². The van der Waals surface area contributed by atoms with E-state index in [0.717, 1.165) is 42.8 Å². The number of fused-ring (bicyclic) bond motifs is 2. The molecular weight excluding hydrogens is 374 g/mol. The predicted octanol–water partition coefficient (Wildman–Crippen LogP) is 3.30. The van der Waals surface area contributed by atoms with Gasteiger partial charge in [0.2, 0.25) is 0 Å². The number of aromatic nitrogens is 2. The molecule has 0 saturated heterocycles. The molecular formula is C21H23N3O3S. The van der Waals surface area contributed by atoms with E-state index in [1.54, 1.807) is 4.57 Å². The number of carbonyl (C=O) groups is 1. The molecule has 4 rings (SSSR count). The molecule has 1 aliphatic rings. The van der Waals surface area contributed by atoms with Crippen molar-refractivity contribution < 1.29 is 9.53 Å². The number of amides is 1. The maximum Gasteiger partial charge on any atom is 0.262 e. The van der Waals surface area contributed by atoms with Crippen molar-refractivity contribution in [2.24, 2.45) is 0 Å². The summed E-state index contributed by atoms with van der Waals surface area (Å²) in [5.41, 5.74) is 0.709. The van der Waals surface area contributed by atoms with Crippen molar-refractivity contribution in [3.63, 3.8) is 0 Å². The van der Waals surface area contributed by atoms with E-state index < -0.39 is 0 Å². The summed E-state index contributed by atoms with van der Waals surface area (Å²) in [6.07, 6.45) is 3.99. The van der Waals surface area contributed by atoms with Crippen LogP contribution in [0.25, 0.3) is 10.2 Å². The van der Waals surface area contributed by atoms with Crippen molar-refractivity contribution in [3.8, 4) is 5.75 Å². The fraction of sp³-hybridized carbons (Fsp3) is 0.381. The van der Waals surface area contributed by atoms with E-state index in [2.05, 4.69) is 5.32 Å². The molecule has 0 radical (unpaired) electrons. The Bertz CT molecular complexity index is 1060. The molecule has 0 saturated carbocycles. The van der Waals surface area contributed by atoms with Gasteiger partial charge in [-0.2, -0.15) is 0 Å². The molecule has 0 fully saturated rings. The molecule has 146 valence electrons. The highest BCUT2D eigenvalue weighted by atomic mass is 32.1. The van der Waals surface area contributed by atoms with Gasteiger partial charge >= 0.3 is 0 Å². The molecule has 1 N–H and O–H groups in total. The second kappa shape index (κ2) is 8.14. The average Bonchev–Trinajstić information content (AvgIpc) is 2.88. The van der Waals surface area contributed by atoms with Gasteiger partial charge in [0.15, 0.2) is 0 Å². The lowest BCUT2D eigenvalue weighted by Gasteiger charge is -2.08. The van der Waals surface area contributed by atoms with Gasteiger partial charge in [0.05, 0.1) is 16.8 Å². The highest BCUT2D eigenvalue weighted by Crippen LogP contribution is 2.28. The Labute approximate surface area is 167 Å². The third-order valence-corrected chi connectivity index (χ3v) is 6.20. The standard InChI is InChI=1S/C21H23N3O3S/c1-14-17-20(23-16-10-6-3-7-12-24(16)21(17)26)28-18(14)19(25)22-11-13-27-15-8-4-2-5-9-15/h2,4-5,8-9H,3,6-7,10-13H2,1H3,(H,22,25). The minimum atomic E-state index is -0.184. The molecule has 28 heavy (non-hydrogen) atoms. The predicted molar refractivity (Wildman–Crippen MR) is 110 cm³/mol. The van der Waals surface area contributed by atoms with E-state index >= 15 is 0 Å². The lowest BCUT2D eigenvalue weighted by Crippen LogP contribution is -2.28. The topological polar surface area (TPSA) is 73.2 Å². The molecule has 3 heterocycles. The van der Waals surface area contributed by atoms with Gasteiger partial charge in [-0.1, -0.05) is 24.6 Å². The first-order valence-electron chi connectivity index (χ1n) is 9.64. The van der Waals surface area contributed by atoms with Gasteiger partial charge in [-0.05, 0) is 37.5 Å². The summed E-state index contributed by atoms with van der Waals surface area (Å²) >= 11 is 1.30. The van der Waals surface area contributed by atoms with E-state index in [-0.39, 0.29) is 11.5 Å². The zero-order valence-corrected chi connectivity index (χ0v) is 16.7. The lowest BCUT2D eigenvalue weighted by atomic mass is 10.2. The lowest BCUT2D eigenvalue weighted by molar-refractivity contribution is 0.0950. The Morgan fingerprint density at radius 3 is 2.89 bits per heavy atom. The van der Waals surface area contributed by atoms with Gasteiger partial charge in [0.1, 0.15) is 23.0 Å². The monoisotopic (exact) mass is 397 g/mol. The molecule has 2 aromatic heterocycles. The van der Waals surface area contributed by atoms with Crippen molar-refractivity contribution in [1.29, 1.82) is 0 Å². The Hall–Kier alpha value is -2.67. The van der Waals surface area contributed by atoms with Gasteiger partial charge in [0.25, 0.3) is 11.5 Å². The molecule has 1 amide bonds. The Balaban J connectivity index is 1.50. The number of nitrogens with one attached hydrogen (secondary N) is 1. The molecule has 6 nitrogen and oxygen atoms in total. The Morgan fingerprint density at radius 1 is 1.25 bits per heavy atom. The van der Waals surface area contributed by atoms with Crippen molar-refractivity contribution in [2.75, 3.05) is 13.2 Å². The summed E-state index contributed by atoms with van der Waals surface area (Å²) in [6, 6.07) is 9.49. The maximum absolute atomic E-state index is 13.0. The number of para-hydroxylation sites is 1. The molecule has 1 aliphatic heterocycles. The highest BCUT2D eigenvalue weighted by molar-refractivity contribution is 7.20. The highest BCUT2D eigenvalue weighted by Gasteiger charge is 2.22. The minimum absolute atomic E-state index is 0.0119. The number of rotatable bonds is 5. The molecule has 0 atom stereocenters. The number of hydrogen-bond donors (Lipinski definition) is 1. The maximum atomic E-state index is 13.0. The molecule has 0 aliphatic carbocycles. The average molecular weight is 398 g/mol. The van der Waals surface area contributed by atoms with Crippen LogP contribution < -0.4 is 15.6 Å². The first kappa shape index (κ1) is 18.7. The Kier molecular flexibility index (Phi) is 5.43. The largest absolute Gasteiger partial charge is 0.492 e. The smallest absolute Gasteiger partial charge is 0.262 e. The van der Waals surface area contributed by atoms with Crippen LogP contribution in [0.15, 0.2) is 35.1 Å². The van der Waals surface area contributed by atoms with Gasteiger partial charge in [0, 0.05) is 13.0 Å². The second-order valence-corrected chi connectivity index (χ2v) is 7.95. The fourth-order valence-electron chi connectivity index (χ4n) is 3.56. The second-order valence-electron chi connectivity index (χ2n) is 6.95. The molecule has 1 aromatic carbocycles. The molecule has 0 spiro atoms. The first-order valence-corrected chi connectivity index (χ1v) is 10.5. The number of thiophene rings is 1. The molecule has 7 heteroatoms. The van der Waals surface area contributed by atoms with Crippen molar-refractivity contribution >= 4 is 27.5 Å². The zero-order valence-electron chi connectivity index (χ0n) is 15.9. The number of aryl methyl sites for hydroxylation is 2. The number of nitrogens with zero attached hydrogens (tertiary/aromatic N) is 2. The SMILES string of the molecule is Cc1c(C(=O)NCCOc2ccccc2)sc2nc3n(c(=O)c12)CCCCC3. The number of ether oxygens (including phenoxy) is 1. The van der Waals surface area contributed by atoms with Crippen LogP contribution in [0.4, 0.5) is 0 Å². The Morgan fingerprint density at radius 2 is 2.07 bits per heavy atom. The molecule has 0 unspecified atom stereocenters. The zero-order chi connectivity index (χ0) is 19.5. The van der Waals surface area contributed by atoms with Gasteiger partial charge < -0.3 is 10.1 Å². The van der Waals surface area contributed by atoms with E-state index in [0.29, 0.717) is 34.8 Å². The van der Waals surface area contributed by atoms with Crippen LogP contribution in [0.1, 0.15) is 40.3 Å². The van der Waals surface area contributed by atoms with E-state index in [1.807, 2.05) is 37.3 Å². The summed E-state index contributed by atoms with van der Waals surface area (Å²) in [5, 5.41) is 3.46. The minimum Gasteiger partial charge on any atom is -0.492 e. The number of carbonyl (C=O) groups excluding carboxylic acids is 1. The summed E-state index contributed by atoms with van der Waals surface area (Å²) in [7, 11) is 0. The van der Waals surface area contributed by atoms with Crippen molar-refractivity contribution in [3.05, 3.63) is 57.0 Å². The third kappa shape index (κ3) is 3.67. The quantitative estimate of drug-likeness (QED) is 0.671. The number of hydrogen-bond acceptors (Lipinski definition) is 5. The first-order chi connectivity index (χ1) is 13.6. The van der Waals surface area contributed by atoms with Crippen LogP contribution in [0.5, 0.6) is 5.75 Å². The summed E-state index contributed by atoms with van der Waals surface area (Å²) in [4.78, 5) is 31.6. The van der Waals surface area contributed by atoms with Crippen LogP contribution in [0, 0.1) is 6.92 Å². The van der Waals surface area contributed by atoms with Crippen LogP contribution in [-0.4, -0.2) is 28.6 Å². The van der Waals surface area contributed by atoms with Crippen LogP contribution in [0.3, 0.4) is 0 Å². The fourth-order valence-corrected chi connectivity index (χ4v) is 4.66. The summed E-state index contributed by atoms with van der Waals surface area (Å²) < 4.78 is 7.40. The van der Waals surface area contributed by atoms with E-state index in [4.69, 9.17) is 9.72 Å². The van der Waals surface area contributed by atoms with Crippen molar-refractivity contribution in [1.82, 2.24) is 14.9 Å². The van der Waals surface area contributed by atoms with E-state index in [9.17, 15) is 9.59 Å². The van der Waals surface area contributed by atoms with Gasteiger partial charge in [-0.25, -0.2) is 4.98 Å². The summed E-state index contributed by atoms with van der Waals surface area (Å²) in [5.74, 6) is 1.43. The van der Waals surface area contributed by atoms with Crippen molar-refractivity contribution in [2.45, 2.75) is 39.2 Å². The third-order valence-electron chi connectivity index (χ3n) is 5.02. The van der Waals surface area contributed by atoms with Crippen LogP contribution in [0.2, 0.25) is 0 Å². The number of benzene rings is 1. The van der Waals surface area contributed by atoms with E-state index in [1.165, 1.54) is 11.3 Å². The molecule has 0 bridgehead atoms. The summed E-state index contributed by atoms with van der Waals surface area (Å²) in [6.45, 7) is 3.32. The normalized spacial score (nSPS) is 13.8.